The van der Waals surface area contributed by atoms with Crippen LogP contribution in [-0.4, -0.2) is 16.1 Å². The van der Waals surface area contributed by atoms with Crippen LogP contribution >= 0.6 is 23.3 Å². The molecular weight excluding hydrogens is 404 g/mol. The molecule has 29 heavy (non-hydrogen) atoms. The zero-order chi connectivity index (χ0) is 21.2. The zero-order valence-electron chi connectivity index (χ0n) is 17.2. The summed E-state index contributed by atoms with van der Waals surface area (Å²) in [6.07, 6.45) is 6.84. The Morgan fingerprint density at radius 1 is 1.41 bits per heavy atom. The molecule has 4 rings (SSSR count). The summed E-state index contributed by atoms with van der Waals surface area (Å²) in [5.41, 5.74) is 11.0. The molecule has 0 radical (unpaired) electrons. The molecule has 2 amide bonds. The van der Waals surface area contributed by atoms with E-state index in [0.717, 1.165) is 58.3 Å². The van der Waals surface area contributed by atoms with Gasteiger partial charge in [-0.1, -0.05) is 0 Å². The molecule has 2 aromatic heterocycles. The summed E-state index contributed by atoms with van der Waals surface area (Å²) < 4.78 is 1.03. The van der Waals surface area contributed by atoms with E-state index in [9.17, 15) is 9.90 Å². The minimum Gasteiger partial charge on any atom is -0.386 e. The second-order valence-corrected chi connectivity index (χ2v) is 10.2. The summed E-state index contributed by atoms with van der Waals surface area (Å²) >= 11 is 2.77. The lowest BCUT2D eigenvalue weighted by molar-refractivity contribution is 0.0789. The van der Waals surface area contributed by atoms with E-state index in [1.165, 1.54) is 36.0 Å². The molecule has 0 aromatic carbocycles. The molecule has 0 spiro atoms. The molecule has 8 heteroatoms. The van der Waals surface area contributed by atoms with Crippen molar-refractivity contribution in [3.63, 3.8) is 0 Å². The fourth-order valence-corrected chi connectivity index (χ4v) is 4.88. The van der Waals surface area contributed by atoms with E-state index in [4.69, 9.17) is 15.9 Å². The number of urea groups is 1. The Hall–Kier alpha value is -1.61. The average Bonchev–Trinajstić information content (AvgIpc) is 3.13. The maximum atomic E-state index is 11.2. The Balaban J connectivity index is 0.000000188. The van der Waals surface area contributed by atoms with Crippen LogP contribution < -0.4 is 16.2 Å². The van der Waals surface area contributed by atoms with Gasteiger partial charge < -0.3 is 16.2 Å². The third kappa shape index (κ3) is 5.72. The van der Waals surface area contributed by atoms with E-state index in [1.807, 2.05) is 11.4 Å². The molecule has 0 saturated heterocycles. The van der Waals surface area contributed by atoms with Gasteiger partial charge in [0.25, 0.3) is 0 Å². The quantitative estimate of drug-likeness (QED) is 0.525. The van der Waals surface area contributed by atoms with Crippen LogP contribution in [0.4, 0.5) is 10.5 Å². The van der Waals surface area contributed by atoms with E-state index in [1.54, 1.807) is 25.2 Å². The first-order valence-electron chi connectivity index (χ1n) is 9.94. The van der Waals surface area contributed by atoms with Gasteiger partial charge in [-0.15, -0.1) is 11.3 Å². The van der Waals surface area contributed by atoms with Crippen molar-refractivity contribution in [3.05, 3.63) is 39.5 Å². The third-order valence-corrected chi connectivity index (χ3v) is 7.04. The lowest BCUT2D eigenvalue weighted by Crippen LogP contribution is -2.22. The largest absolute Gasteiger partial charge is 0.386 e. The number of primary amides is 1. The molecule has 1 fully saturated rings. The summed E-state index contributed by atoms with van der Waals surface area (Å²) in [6.45, 7) is 5.58. The number of aromatic nitrogens is 1. The first-order valence-corrected chi connectivity index (χ1v) is 11.7. The standard InChI is InChI=1S/C14H19N3O.C7H11NOS2/c1-8-12(7-9-5-6-9)16-11-4-2-3-10(11)13(8)17-14(15)18;1-7(2,9)5-3-6(11-8)10-4-5/h9H,2-7H2,1H3,(H3,15,16,17,18);3-4,9H,8H2,1-2H3. The number of hydrogen-bond acceptors (Lipinski definition) is 6. The van der Waals surface area contributed by atoms with E-state index in [0.29, 0.717) is 0 Å². The van der Waals surface area contributed by atoms with Gasteiger partial charge in [0.1, 0.15) is 0 Å². The molecule has 6 nitrogen and oxygen atoms in total. The van der Waals surface area contributed by atoms with Crippen LogP contribution in [0.25, 0.3) is 0 Å². The van der Waals surface area contributed by atoms with Crippen molar-refractivity contribution in [2.45, 2.75) is 69.1 Å². The molecule has 2 heterocycles. The molecule has 0 aliphatic heterocycles. The number of nitrogens with one attached hydrogen (secondary N) is 1. The molecule has 2 aromatic rings. The Bertz CT molecular complexity index is 886. The van der Waals surface area contributed by atoms with Gasteiger partial charge in [0, 0.05) is 11.4 Å². The third-order valence-electron chi connectivity index (χ3n) is 5.39. The predicted octanol–water partition coefficient (Wildman–Crippen LogP) is 4.26. The Kier molecular flexibility index (Phi) is 6.88. The Morgan fingerprint density at radius 3 is 2.66 bits per heavy atom. The van der Waals surface area contributed by atoms with Crippen molar-refractivity contribution in [3.8, 4) is 0 Å². The number of anilines is 1. The number of thiophene rings is 1. The summed E-state index contributed by atoms with van der Waals surface area (Å²) in [7, 11) is 0. The molecular formula is C21H30N4O2S2. The second-order valence-electron chi connectivity index (χ2n) is 8.31. The van der Waals surface area contributed by atoms with Crippen LogP contribution in [0.2, 0.25) is 0 Å². The monoisotopic (exact) mass is 434 g/mol. The predicted molar refractivity (Wildman–Crippen MR) is 120 cm³/mol. The number of aliphatic hydroxyl groups is 1. The Labute approximate surface area is 180 Å². The number of pyridine rings is 1. The highest BCUT2D eigenvalue weighted by Crippen LogP contribution is 2.37. The first-order chi connectivity index (χ1) is 13.7. The van der Waals surface area contributed by atoms with Gasteiger partial charge in [-0.3, -0.25) is 10.1 Å². The summed E-state index contributed by atoms with van der Waals surface area (Å²) in [5.74, 6) is 0.803. The highest BCUT2D eigenvalue weighted by Gasteiger charge is 2.27. The SMILES string of the molecule is CC(C)(O)c1csc(SN)c1.Cc1c(CC2CC2)nc2c(c1NC(N)=O)CCC2. The fraction of sp³-hybridized carbons (Fsp3) is 0.524. The molecule has 158 valence electrons. The number of nitrogens with two attached hydrogens (primary N) is 2. The van der Waals surface area contributed by atoms with Gasteiger partial charge in [0.2, 0.25) is 0 Å². The van der Waals surface area contributed by atoms with Gasteiger partial charge in [-0.2, -0.15) is 0 Å². The number of amides is 2. The Morgan fingerprint density at radius 2 is 2.14 bits per heavy atom. The number of nitrogens with zero attached hydrogens (tertiary/aromatic N) is 1. The van der Waals surface area contributed by atoms with Crippen molar-refractivity contribution in [2.24, 2.45) is 16.8 Å². The minimum atomic E-state index is -0.746. The van der Waals surface area contributed by atoms with Crippen LogP contribution in [0, 0.1) is 12.8 Å². The zero-order valence-corrected chi connectivity index (χ0v) is 18.9. The van der Waals surface area contributed by atoms with Crippen LogP contribution in [0.3, 0.4) is 0 Å². The van der Waals surface area contributed by atoms with Gasteiger partial charge in [-0.05, 0) is 105 Å². The van der Waals surface area contributed by atoms with Crippen LogP contribution in [0.1, 0.15) is 61.2 Å². The second kappa shape index (κ2) is 9.04. The van der Waals surface area contributed by atoms with E-state index in [2.05, 4.69) is 12.2 Å². The van der Waals surface area contributed by atoms with Gasteiger partial charge >= 0.3 is 6.03 Å². The molecule has 2 aliphatic rings. The van der Waals surface area contributed by atoms with Crippen LogP contribution in [-0.2, 0) is 24.9 Å². The average molecular weight is 435 g/mol. The van der Waals surface area contributed by atoms with E-state index < -0.39 is 11.6 Å². The minimum absolute atomic E-state index is 0.476. The van der Waals surface area contributed by atoms with Gasteiger partial charge in [0.05, 0.1) is 15.5 Å². The van der Waals surface area contributed by atoms with Crippen molar-refractivity contribution >= 4 is 35.0 Å². The number of aryl methyl sites for hydroxylation is 1. The molecule has 0 bridgehead atoms. The van der Waals surface area contributed by atoms with Gasteiger partial charge in [-0.25, -0.2) is 4.79 Å². The van der Waals surface area contributed by atoms with Crippen molar-refractivity contribution in [2.75, 3.05) is 5.32 Å². The van der Waals surface area contributed by atoms with E-state index >= 15 is 0 Å². The molecule has 0 unspecified atom stereocenters. The topological polar surface area (TPSA) is 114 Å². The van der Waals surface area contributed by atoms with E-state index in [-0.39, 0.29) is 0 Å². The number of fused-ring (bicyclic) bond motifs is 1. The van der Waals surface area contributed by atoms with Crippen molar-refractivity contribution in [1.29, 1.82) is 0 Å². The highest BCUT2D eigenvalue weighted by molar-refractivity contribution is 7.99. The normalized spacial score (nSPS) is 15.5. The molecule has 6 N–H and O–H groups in total. The maximum Gasteiger partial charge on any atom is 0.316 e. The summed E-state index contributed by atoms with van der Waals surface area (Å²) in [6, 6.07) is 1.44. The molecule has 0 atom stereocenters. The number of hydrogen-bond donors (Lipinski definition) is 4. The molecule has 1 saturated carbocycles. The summed E-state index contributed by atoms with van der Waals surface area (Å²) in [5, 5.41) is 19.6. The maximum absolute atomic E-state index is 11.2. The summed E-state index contributed by atoms with van der Waals surface area (Å²) in [4.78, 5) is 16.0. The van der Waals surface area contributed by atoms with Gasteiger partial charge in [0.15, 0.2) is 0 Å². The first kappa shape index (κ1) is 22.1. The fourth-order valence-electron chi connectivity index (χ4n) is 3.52. The number of rotatable bonds is 5. The lowest BCUT2D eigenvalue weighted by Gasteiger charge is -2.15. The highest BCUT2D eigenvalue weighted by atomic mass is 32.2. The lowest BCUT2D eigenvalue weighted by atomic mass is 10.0. The number of carbonyl (C=O) groups excluding carboxylic acids is 1. The van der Waals surface area contributed by atoms with Crippen molar-refractivity contribution in [1.82, 2.24) is 4.98 Å². The smallest absolute Gasteiger partial charge is 0.316 e. The molecule has 2 aliphatic carbocycles. The van der Waals surface area contributed by atoms with Crippen molar-refractivity contribution < 1.29 is 9.90 Å². The number of carbonyl (C=O) groups is 1. The van der Waals surface area contributed by atoms with Crippen LogP contribution in [0.15, 0.2) is 15.7 Å². The van der Waals surface area contributed by atoms with Crippen LogP contribution in [0.5, 0.6) is 0 Å².